The molecule has 0 aromatic heterocycles. The molecule has 0 saturated carbocycles. The lowest BCUT2D eigenvalue weighted by Gasteiger charge is -2.26. The summed E-state index contributed by atoms with van der Waals surface area (Å²) in [5.74, 6) is -1.33. The fourth-order valence-corrected chi connectivity index (χ4v) is 6.54. The number of anilines is 1. The van der Waals surface area contributed by atoms with E-state index in [0.29, 0.717) is 24.3 Å². The zero-order valence-electron chi connectivity index (χ0n) is 22.8. The summed E-state index contributed by atoms with van der Waals surface area (Å²) in [4.78, 5) is 32.7. The second kappa shape index (κ2) is 12.0. The van der Waals surface area contributed by atoms with Gasteiger partial charge in [-0.1, -0.05) is 25.4 Å². The molecule has 4 rings (SSSR count). The standard InChI is InChI=1S/C27H34ClN5O6S/c1-16(2)14-38-27(35)33(9-8-32-6-4-5-7-32)20-11-19-15-40(36,37)22-12-18(25(34)31-26(29)30)10-17(3)23(22)39-24(19)21(28)13-20/h10-13,16H,4-9,14-15H2,1-3H3,(H4,29,30,31,34). The molecule has 0 bridgehead atoms. The normalized spacial score (nSPS) is 15.9. The topological polar surface area (TPSA) is 158 Å². The zero-order chi connectivity index (χ0) is 29.2. The van der Waals surface area contributed by atoms with Gasteiger partial charge in [-0.05, 0) is 68.6 Å². The van der Waals surface area contributed by atoms with E-state index >= 15 is 0 Å². The lowest BCUT2D eigenvalue weighted by molar-refractivity contribution is 0.100. The van der Waals surface area contributed by atoms with Crippen molar-refractivity contribution in [3.05, 3.63) is 46.0 Å². The number of sulfone groups is 1. The first-order chi connectivity index (χ1) is 18.9. The third kappa shape index (κ3) is 6.68. The van der Waals surface area contributed by atoms with Gasteiger partial charge >= 0.3 is 6.09 Å². The van der Waals surface area contributed by atoms with Gasteiger partial charge in [0.25, 0.3) is 5.91 Å². The number of rotatable bonds is 7. The number of hydrogen-bond donors (Lipinski definition) is 2. The smallest absolute Gasteiger partial charge is 0.414 e. The Labute approximate surface area is 239 Å². The lowest BCUT2D eigenvalue weighted by Crippen LogP contribution is -2.39. The number of aryl methyl sites for hydroxylation is 1. The summed E-state index contributed by atoms with van der Waals surface area (Å²) in [6.07, 6.45) is 1.68. The van der Waals surface area contributed by atoms with Gasteiger partial charge in [0.2, 0.25) is 0 Å². The van der Waals surface area contributed by atoms with E-state index in [2.05, 4.69) is 9.89 Å². The van der Waals surface area contributed by atoms with Gasteiger partial charge in [-0.3, -0.25) is 9.69 Å². The molecule has 0 atom stereocenters. The zero-order valence-corrected chi connectivity index (χ0v) is 24.3. The molecule has 0 spiro atoms. The first kappa shape index (κ1) is 29.6. The highest BCUT2D eigenvalue weighted by atomic mass is 35.5. The van der Waals surface area contributed by atoms with Crippen LogP contribution in [-0.2, 0) is 20.3 Å². The van der Waals surface area contributed by atoms with Crippen LogP contribution in [0.25, 0.3) is 0 Å². The van der Waals surface area contributed by atoms with Crippen LogP contribution in [0.15, 0.2) is 34.2 Å². The summed E-state index contributed by atoms with van der Waals surface area (Å²) in [7, 11) is -4.01. The number of likely N-dealkylation sites (tertiary alicyclic amines) is 1. The summed E-state index contributed by atoms with van der Waals surface area (Å²) in [5.41, 5.74) is 11.7. The highest BCUT2D eigenvalue weighted by Crippen LogP contribution is 2.45. The number of aliphatic imine (C=N–C) groups is 1. The fraction of sp³-hybridized carbons (Fsp3) is 0.444. The quantitative estimate of drug-likeness (QED) is 0.360. The lowest BCUT2D eigenvalue weighted by atomic mass is 10.1. The number of guanidine groups is 1. The Hall–Kier alpha value is -3.35. The SMILES string of the molecule is Cc1cc(C(=O)N=C(N)N)cc2c1Oc1c(Cl)cc(N(CCN3CCCC3)C(=O)OCC(C)C)cc1CS2(=O)=O. The first-order valence-electron chi connectivity index (χ1n) is 13.0. The molecule has 2 amide bonds. The van der Waals surface area contributed by atoms with Gasteiger partial charge in [-0.25, -0.2) is 13.2 Å². The van der Waals surface area contributed by atoms with Crippen LogP contribution in [-0.4, -0.2) is 64.1 Å². The monoisotopic (exact) mass is 591 g/mol. The number of nitrogens with two attached hydrogens (primary N) is 2. The molecule has 1 saturated heterocycles. The maximum atomic E-state index is 13.6. The summed E-state index contributed by atoms with van der Waals surface area (Å²) < 4.78 is 38.8. The van der Waals surface area contributed by atoms with Crippen LogP contribution in [0, 0.1) is 12.8 Å². The molecule has 4 N–H and O–H groups in total. The maximum Gasteiger partial charge on any atom is 0.414 e. The molecule has 40 heavy (non-hydrogen) atoms. The van der Waals surface area contributed by atoms with Crippen molar-refractivity contribution >= 4 is 45.1 Å². The van der Waals surface area contributed by atoms with Crippen LogP contribution < -0.4 is 21.1 Å². The molecule has 11 nitrogen and oxygen atoms in total. The van der Waals surface area contributed by atoms with Gasteiger partial charge in [0.15, 0.2) is 15.8 Å². The van der Waals surface area contributed by atoms with Crippen molar-refractivity contribution in [1.29, 1.82) is 0 Å². The van der Waals surface area contributed by atoms with Crippen molar-refractivity contribution < 1.29 is 27.5 Å². The molecule has 13 heteroatoms. The summed E-state index contributed by atoms with van der Waals surface area (Å²) in [5, 5.41) is 0.137. The highest BCUT2D eigenvalue weighted by molar-refractivity contribution is 7.90. The molecule has 2 aromatic rings. The van der Waals surface area contributed by atoms with E-state index < -0.39 is 33.6 Å². The Bertz CT molecular complexity index is 1450. The second-order valence-electron chi connectivity index (χ2n) is 10.4. The Morgan fingerprint density at radius 1 is 1.15 bits per heavy atom. The first-order valence-corrected chi connectivity index (χ1v) is 15.1. The van der Waals surface area contributed by atoms with Gasteiger partial charge in [0.1, 0.15) is 16.4 Å². The third-order valence-electron chi connectivity index (χ3n) is 6.62. The second-order valence-corrected chi connectivity index (χ2v) is 12.8. The Morgan fingerprint density at radius 3 is 2.50 bits per heavy atom. The molecule has 0 radical (unpaired) electrons. The van der Waals surface area contributed by atoms with E-state index in [1.54, 1.807) is 19.1 Å². The predicted molar refractivity (Wildman–Crippen MR) is 153 cm³/mol. The van der Waals surface area contributed by atoms with E-state index in [9.17, 15) is 18.0 Å². The number of carbonyl (C=O) groups excluding carboxylic acids is 2. The van der Waals surface area contributed by atoms with Gasteiger partial charge in [0, 0.05) is 29.9 Å². The molecule has 2 aromatic carbocycles. The van der Waals surface area contributed by atoms with Crippen LogP contribution in [0.4, 0.5) is 10.5 Å². The average Bonchev–Trinajstić information content (AvgIpc) is 3.34. The minimum atomic E-state index is -4.01. The number of benzene rings is 2. The minimum Gasteiger partial charge on any atom is -0.454 e. The van der Waals surface area contributed by atoms with E-state index in [-0.39, 0.29) is 45.1 Å². The molecule has 0 aliphatic carbocycles. The maximum absolute atomic E-state index is 13.6. The fourth-order valence-electron chi connectivity index (χ4n) is 4.69. The largest absolute Gasteiger partial charge is 0.454 e. The van der Waals surface area contributed by atoms with Crippen LogP contribution in [0.2, 0.25) is 5.02 Å². The molecule has 1 fully saturated rings. The van der Waals surface area contributed by atoms with Crippen molar-refractivity contribution in [3.8, 4) is 11.5 Å². The summed E-state index contributed by atoms with van der Waals surface area (Å²) in [6, 6.07) is 5.80. The highest BCUT2D eigenvalue weighted by Gasteiger charge is 2.32. The van der Waals surface area contributed by atoms with Crippen LogP contribution in [0.1, 0.15) is 48.2 Å². The van der Waals surface area contributed by atoms with Crippen LogP contribution >= 0.6 is 11.6 Å². The molecule has 2 aliphatic heterocycles. The Kier molecular flexibility index (Phi) is 8.91. The molecule has 0 unspecified atom stereocenters. The number of fused-ring (bicyclic) bond motifs is 2. The molecular weight excluding hydrogens is 558 g/mol. The van der Waals surface area contributed by atoms with Crippen molar-refractivity contribution in [1.82, 2.24) is 4.90 Å². The van der Waals surface area contributed by atoms with Crippen molar-refractivity contribution in [2.75, 3.05) is 37.7 Å². The number of nitrogens with zero attached hydrogens (tertiary/aromatic N) is 3. The molecule has 2 aliphatic rings. The number of carbonyl (C=O) groups is 2. The van der Waals surface area contributed by atoms with Crippen LogP contribution in [0.3, 0.4) is 0 Å². The number of halogens is 1. The van der Waals surface area contributed by atoms with Gasteiger partial charge in [-0.2, -0.15) is 4.99 Å². The Balaban J connectivity index is 1.73. The molecule has 216 valence electrons. The van der Waals surface area contributed by atoms with E-state index in [4.69, 9.17) is 32.5 Å². The van der Waals surface area contributed by atoms with E-state index in [1.165, 1.54) is 17.0 Å². The summed E-state index contributed by atoms with van der Waals surface area (Å²) in [6.45, 7) is 8.63. The molecule has 2 heterocycles. The minimum absolute atomic E-state index is 0.00412. The van der Waals surface area contributed by atoms with Gasteiger partial charge < -0.3 is 25.8 Å². The van der Waals surface area contributed by atoms with Crippen molar-refractivity contribution in [2.45, 2.75) is 44.3 Å². The number of amides is 2. The van der Waals surface area contributed by atoms with Gasteiger partial charge in [-0.15, -0.1) is 0 Å². The number of ether oxygens (including phenoxy) is 2. The van der Waals surface area contributed by atoms with E-state index in [1.807, 2.05) is 13.8 Å². The predicted octanol–water partition coefficient (Wildman–Crippen LogP) is 3.84. The number of hydrogen-bond acceptors (Lipinski definition) is 7. The average molecular weight is 592 g/mol. The molecular formula is C27H34ClN5O6S. The van der Waals surface area contributed by atoms with E-state index in [0.717, 1.165) is 25.9 Å². The Morgan fingerprint density at radius 2 is 1.85 bits per heavy atom. The van der Waals surface area contributed by atoms with Crippen molar-refractivity contribution in [2.24, 2.45) is 22.4 Å². The third-order valence-corrected chi connectivity index (χ3v) is 8.56. The van der Waals surface area contributed by atoms with Gasteiger partial charge in [0.05, 0.1) is 17.4 Å². The summed E-state index contributed by atoms with van der Waals surface area (Å²) >= 11 is 6.67. The van der Waals surface area contributed by atoms with Crippen LogP contribution in [0.5, 0.6) is 11.5 Å². The van der Waals surface area contributed by atoms with Crippen molar-refractivity contribution in [3.63, 3.8) is 0 Å².